The van der Waals surface area contributed by atoms with Crippen molar-refractivity contribution in [3.05, 3.63) is 48.6 Å². The zero-order valence-electron chi connectivity index (χ0n) is 45.7. The molecule has 0 aromatic heterocycles. The predicted octanol–water partition coefficient (Wildman–Crippen LogP) is 16.7. The number of allylic oxidation sites excluding steroid dienone is 8. The predicted molar refractivity (Wildman–Crippen MR) is 290 cm³/mol. The number of carboxylic acids is 1. The van der Waals surface area contributed by atoms with Gasteiger partial charge in [-0.1, -0.05) is 242 Å². The Morgan fingerprint density at radius 2 is 0.826 bits per heavy atom. The maximum atomic E-state index is 12.8. The lowest BCUT2D eigenvalue weighted by molar-refractivity contribution is -0.870. The van der Waals surface area contributed by atoms with E-state index in [4.69, 9.17) is 18.9 Å². The molecule has 2 unspecified atom stereocenters. The normalized spacial score (nSPS) is 13.1. The van der Waals surface area contributed by atoms with E-state index >= 15 is 0 Å². The van der Waals surface area contributed by atoms with E-state index in [9.17, 15) is 19.5 Å². The molecule has 0 rings (SSSR count). The van der Waals surface area contributed by atoms with Crippen molar-refractivity contribution in [1.29, 1.82) is 0 Å². The van der Waals surface area contributed by atoms with Crippen LogP contribution in [0, 0.1) is 0 Å². The Morgan fingerprint density at radius 1 is 0.449 bits per heavy atom. The van der Waals surface area contributed by atoms with Crippen LogP contribution in [0.1, 0.15) is 258 Å². The Bertz CT molecular complexity index is 1270. The van der Waals surface area contributed by atoms with Crippen molar-refractivity contribution in [3.63, 3.8) is 0 Å². The third kappa shape index (κ3) is 52.9. The van der Waals surface area contributed by atoms with Crippen molar-refractivity contribution < 1.29 is 42.9 Å². The molecule has 0 saturated carbocycles. The number of hydrogen-bond donors (Lipinski definition) is 1. The van der Waals surface area contributed by atoms with Gasteiger partial charge in [0.25, 0.3) is 6.29 Å². The number of aliphatic carboxylic acids is 1. The van der Waals surface area contributed by atoms with E-state index in [1.165, 1.54) is 167 Å². The molecule has 0 aliphatic rings. The number of carbonyl (C=O) groups excluding carboxylic acids is 2. The number of unbranched alkanes of at least 4 members (excludes halogenated alkanes) is 30. The quantitative estimate of drug-likeness (QED) is 0.0211. The maximum absolute atomic E-state index is 12.8. The second-order valence-corrected chi connectivity index (χ2v) is 20.6. The number of nitrogens with zero attached hydrogens (tertiary/aromatic N) is 1. The molecule has 0 aliphatic carbocycles. The van der Waals surface area contributed by atoms with Crippen LogP contribution in [0.2, 0.25) is 0 Å². The van der Waals surface area contributed by atoms with Crippen molar-refractivity contribution >= 4 is 17.9 Å². The van der Waals surface area contributed by atoms with Crippen molar-refractivity contribution in [2.75, 3.05) is 47.5 Å². The highest BCUT2D eigenvalue weighted by Gasteiger charge is 2.25. The smallest absolute Gasteiger partial charge is 0.361 e. The topological polar surface area (TPSA) is 108 Å². The van der Waals surface area contributed by atoms with E-state index in [0.29, 0.717) is 17.4 Å². The molecule has 0 heterocycles. The van der Waals surface area contributed by atoms with Crippen molar-refractivity contribution in [2.45, 2.75) is 270 Å². The van der Waals surface area contributed by atoms with Crippen LogP contribution in [0.25, 0.3) is 0 Å². The molecule has 402 valence electrons. The number of carboxylic acid groups (broad SMARTS) is 1. The van der Waals surface area contributed by atoms with Gasteiger partial charge in [-0.15, -0.1) is 0 Å². The highest BCUT2D eigenvalue weighted by Crippen LogP contribution is 2.17. The summed E-state index contributed by atoms with van der Waals surface area (Å²) in [5.74, 6) is -2.00. The molecule has 1 N–H and O–H groups in total. The Morgan fingerprint density at radius 3 is 1.23 bits per heavy atom. The lowest BCUT2D eigenvalue weighted by Crippen LogP contribution is -2.40. The molecule has 0 amide bonds. The summed E-state index contributed by atoms with van der Waals surface area (Å²) < 4.78 is 22.7. The molecule has 0 aliphatic heterocycles. The van der Waals surface area contributed by atoms with Crippen molar-refractivity contribution in [1.82, 2.24) is 0 Å². The molecule has 0 aromatic rings. The highest BCUT2D eigenvalue weighted by atomic mass is 16.7. The fraction of sp³-hybridized carbons (Fsp3) is 0.817. The zero-order valence-corrected chi connectivity index (χ0v) is 45.7. The number of likely N-dealkylation sites (N-methyl/N-ethyl adjacent to an activating group) is 1. The zero-order chi connectivity index (χ0) is 50.6. The average molecular weight is 974 g/mol. The molecule has 9 heteroatoms. The van der Waals surface area contributed by atoms with E-state index in [-0.39, 0.29) is 32.2 Å². The molecule has 0 radical (unpaired) electrons. The van der Waals surface area contributed by atoms with Gasteiger partial charge in [0.1, 0.15) is 13.2 Å². The van der Waals surface area contributed by atoms with Crippen LogP contribution in [-0.2, 0) is 33.3 Å². The van der Waals surface area contributed by atoms with Crippen LogP contribution in [-0.4, -0.2) is 87.4 Å². The Balaban J connectivity index is 3.86. The summed E-state index contributed by atoms with van der Waals surface area (Å²) in [5.41, 5.74) is 0. The largest absolute Gasteiger partial charge is 0.477 e. The lowest BCUT2D eigenvalue weighted by Gasteiger charge is -2.25. The first-order chi connectivity index (χ1) is 33.6. The summed E-state index contributed by atoms with van der Waals surface area (Å²) in [4.78, 5) is 37.1. The van der Waals surface area contributed by atoms with Crippen LogP contribution < -0.4 is 0 Å². The number of hydrogen-bond acceptors (Lipinski definition) is 7. The molecule has 0 bridgehead atoms. The van der Waals surface area contributed by atoms with E-state index in [1.54, 1.807) is 0 Å². The molecule has 0 aromatic carbocycles. The van der Waals surface area contributed by atoms with Crippen LogP contribution in [0.15, 0.2) is 48.6 Å². The van der Waals surface area contributed by atoms with Crippen LogP contribution >= 0.6 is 0 Å². The number of rotatable bonds is 53. The third-order valence-electron chi connectivity index (χ3n) is 12.6. The van der Waals surface area contributed by atoms with E-state index in [2.05, 4.69) is 62.5 Å². The SMILES string of the molecule is CC/C=C\C/C=C\C/C=C\C/C=C\CCCCCCCCCCCCCCCCCCCCCCCCCCC(=O)OC(COC(=O)CCCCCCCCC)COC(OCC[N+](C)(C)C)C(=O)O. The van der Waals surface area contributed by atoms with E-state index in [1.807, 2.05) is 21.1 Å². The summed E-state index contributed by atoms with van der Waals surface area (Å²) in [5, 5.41) is 9.64. The van der Waals surface area contributed by atoms with Crippen molar-refractivity contribution in [3.8, 4) is 0 Å². The Kier molecular flexibility index (Phi) is 49.5. The van der Waals surface area contributed by atoms with Gasteiger partial charge in [0, 0.05) is 12.8 Å². The summed E-state index contributed by atoms with van der Waals surface area (Å²) in [6.07, 6.45) is 61.1. The number of ether oxygens (including phenoxy) is 4. The number of quaternary nitrogens is 1. The van der Waals surface area contributed by atoms with Gasteiger partial charge in [-0.05, 0) is 51.4 Å². The monoisotopic (exact) mass is 973 g/mol. The number of carbonyl (C=O) groups is 3. The fourth-order valence-electron chi connectivity index (χ4n) is 8.18. The summed E-state index contributed by atoms with van der Waals surface area (Å²) >= 11 is 0. The standard InChI is InChI=1S/C60H109NO8/c1-6-8-10-12-14-15-16-17-18-19-20-21-22-23-24-25-26-27-28-29-30-31-32-33-34-35-36-37-38-39-40-41-42-43-45-47-49-51-58(63)69-56(54-67-57(62)50-48-46-44-13-11-9-7-2)55-68-60(59(64)65)66-53-52-61(3,4)5/h8,10,14-15,17-18,20-21,56,60H,6-7,9,11-13,16,19,22-55H2,1-5H3/p+1/b10-8-,15-14-,18-17-,21-20-. The first kappa shape index (κ1) is 66.2. The van der Waals surface area contributed by atoms with Gasteiger partial charge in [-0.2, -0.15) is 0 Å². The third-order valence-corrected chi connectivity index (χ3v) is 12.6. The molecular formula is C60H110NO8+. The minimum Gasteiger partial charge on any atom is -0.477 e. The second kappa shape index (κ2) is 51.6. The molecule has 0 fully saturated rings. The van der Waals surface area contributed by atoms with Gasteiger partial charge in [0.2, 0.25) is 0 Å². The van der Waals surface area contributed by atoms with Gasteiger partial charge in [0.05, 0.1) is 34.4 Å². The average Bonchev–Trinajstić information content (AvgIpc) is 3.31. The maximum Gasteiger partial charge on any atom is 0.361 e. The Labute approximate surface area is 425 Å². The molecule has 0 saturated heterocycles. The van der Waals surface area contributed by atoms with Gasteiger partial charge >= 0.3 is 17.9 Å². The minimum atomic E-state index is -1.50. The van der Waals surface area contributed by atoms with Gasteiger partial charge in [0.15, 0.2) is 6.10 Å². The molecule has 69 heavy (non-hydrogen) atoms. The second-order valence-electron chi connectivity index (χ2n) is 20.6. The van der Waals surface area contributed by atoms with Gasteiger partial charge in [-0.25, -0.2) is 4.79 Å². The summed E-state index contributed by atoms with van der Waals surface area (Å²) in [6.45, 7) is 4.73. The minimum absolute atomic E-state index is 0.178. The molecule has 9 nitrogen and oxygen atoms in total. The van der Waals surface area contributed by atoms with Crippen LogP contribution in [0.3, 0.4) is 0 Å². The molecular weight excluding hydrogens is 863 g/mol. The Hall–Kier alpha value is -2.75. The van der Waals surface area contributed by atoms with E-state index < -0.39 is 24.3 Å². The molecule has 2 atom stereocenters. The van der Waals surface area contributed by atoms with E-state index in [0.717, 1.165) is 64.2 Å². The first-order valence-corrected chi connectivity index (χ1v) is 28.8. The van der Waals surface area contributed by atoms with Crippen molar-refractivity contribution in [2.24, 2.45) is 0 Å². The molecule has 0 spiro atoms. The number of esters is 2. The fourth-order valence-corrected chi connectivity index (χ4v) is 8.18. The van der Waals surface area contributed by atoms with Crippen LogP contribution in [0.5, 0.6) is 0 Å². The van der Waals surface area contributed by atoms with Crippen LogP contribution in [0.4, 0.5) is 0 Å². The van der Waals surface area contributed by atoms with Gasteiger partial charge in [-0.3, -0.25) is 9.59 Å². The van der Waals surface area contributed by atoms with Gasteiger partial charge < -0.3 is 28.5 Å². The summed E-state index contributed by atoms with van der Waals surface area (Å²) in [7, 11) is 5.96. The first-order valence-electron chi connectivity index (χ1n) is 28.8. The highest BCUT2D eigenvalue weighted by molar-refractivity contribution is 5.71. The lowest BCUT2D eigenvalue weighted by atomic mass is 10.0. The summed E-state index contributed by atoms with van der Waals surface area (Å²) in [6, 6.07) is 0.